The molecule has 0 saturated heterocycles. The van der Waals surface area contributed by atoms with E-state index in [0.29, 0.717) is 11.1 Å². The molecule has 0 saturated carbocycles. The minimum absolute atomic E-state index is 0.0641. The first-order chi connectivity index (χ1) is 14.2. The van der Waals surface area contributed by atoms with Crippen molar-refractivity contribution in [3.63, 3.8) is 0 Å². The number of hydrogen-bond acceptors (Lipinski definition) is 5. The number of alkyl halides is 3. The van der Waals surface area contributed by atoms with Gasteiger partial charge in [-0.3, -0.25) is 9.69 Å². The number of guanidine groups is 1. The van der Waals surface area contributed by atoms with Crippen molar-refractivity contribution >= 4 is 11.9 Å². The molecule has 1 aliphatic heterocycles. The van der Waals surface area contributed by atoms with Crippen molar-refractivity contribution < 1.29 is 31.8 Å². The normalized spacial score (nSPS) is 18.7. The number of hydrogen-bond donors (Lipinski definition) is 1. The molecule has 0 fully saturated rings. The molecule has 0 aromatic heterocycles. The van der Waals surface area contributed by atoms with Crippen LogP contribution in [0.4, 0.5) is 17.6 Å². The zero-order chi connectivity index (χ0) is 22.1. The molecule has 10 heteroatoms. The number of halogens is 4. The maximum absolute atomic E-state index is 14.1. The van der Waals surface area contributed by atoms with Crippen LogP contribution < -0.4 is 15.2 Å². The molecule has 0 spiro atoms. The number of benzene rings is 2. The molecule has 1 aliphatic rings. The summed E-state index contributed by atoms with van der Waals surface area (Å²) in [7, 11) is 1.42. The third-order valence-corrected chi connectivity index (χ3v) is 4.73. The largest absolute Gasteiger partial charge is 0.488 e. The highest BCUT2D eigenvalue weighted by Crippen LogP contribution is 2.42. The SMILES string of the molecule is Cc1cc(C2(c3ccc(F)c(OCCF)c3)N=C(N)N(C)C2=O)ccc1OC(F)F. The summed E-state index contributed by atoms with van der Waals surface area (Å²) < 4.78 is 61.3. The number of aliphatic imine (C=N–C) groups is 1. The Bertz CT molecular complexity index is 999. The summed E-state index contributed by atoms with van der Waals surface area (Å²) in [6.07, 6.45) is 0. The Morgan fingerprint density at radius 3 is 2.40 bits per heavy atom. The number of aryl methyl sites for hydroxylation is 1. The number of likely N-dealkylation sites (N-methyl/N-ethyl adjacent to an activating group) is 1. The monoisotopic (exact) mass is 425 g/mol. The summed E-state index contributed by atoms with van der Waals surface area (Å²) in [5.74, 6) is -1.68. The molecule has 0 bridgehead atoms. The van der Waals surface area contributed by atoms with E-state index in [2.05, 4.69) is 9.73 Å². The molecule has 3 rings (SSSR count). The van der Waals surface area contributed by atoms with E-state index in [9.17, 15) is 22.4 Å². The third-order valence-electron chi connectivity index (χ3n) is 4.73. The van der Waals surface area contributed by atoms with Gasteiger partial charge in [-0.1, -0.05) is 12.1 Å². The van der Waals surface area contributed by atoms with E-state index < -0.39 is 30.5 Å². The number of carbonyl (C=O) groups is 1. The Labute approximate surface area is 169 Å². The molecule has 2 aromatic carbocycles. The maximum atomic E-state index is 14.1. The summed E-state index contributed by atoms with van der Waals surface area (Å²) in [6.45, 7) is -2.67. The van der Waals surface area contributed by atoms with E-state index >= 15 is 0 Å². The van der Waals surface area contributed by atoms with Crippen molar-refractivity contribution in [3.05, 3.63) is 58.9 Å². The minimum Gasteiger partial charge on any atom is -0.488 e. The molecule has 0 radical (unpaired) electrons. The van der Waals surface area contributed by atoms with Crippen LogP contribution in [0.2, 0.25) is 0 Å². The molecule has 1 amide bonds. The fraction of sp³-hybridized carbons (Fsp3) is 0.300. The highest BCUT2D eigenvalue weighted by atomic mass is 19.3. The van der Waals surface area contributed by atoms with Crippen LogP contribution >= 0.6 is 0 Å². The second kappa shape index (κ2) is 8.21. The van der Waals surface area contributed by atoms with E-state index in [1.54, 1.807) is 0 Å². The lowest BCUT2D eigenvalue weighted by molar-refractivity contribution is -0.129. The van der Waals surface area contributed by atoms with Crippen molar-refractivity contribution in [1.82, 2.24) is 4.90 Å². The van der Waals surface area contributed by atoms with Crippen molar-refractivity contribution in [2.45, 2.75) is 19.1 Å². The van der Waals surface area contributed by atoms with Crippen molar-refractivity contribution in [1.29, 1.82) is 0 Å². The fourth-order valence-corrected chi connectivity index (χ4v) is 3.27. The van der Waals surface area contributed by atoms with Gasteiger partial charge in [-0.25, -0.2) is 13.8 Å². The number of nitrogens with zero attached hydrogens (tertiary/aromatic N) is 2. The Balaban J connectivity index is 2.18. The first kappa shape index (κ1) is 21.4. The number of rotatable bonds is 7. The summed E-state index contributed by atoms with van der Waals surface area (Å²) in [4.78, 5) is 18.7. The number of carbonyl (C=O) groups excluding carboxylic acids is 1. The van der Waals surface area contributed by atoms with E-state index in [4.69, 9.17) is 10.5 Å². The van der Waals surface area contributed by atoms with Crippen LogP contribution in [0.5, 0.6) is 11.5 Å². The number of nitrogens with two attached hydrogens (primary N) is 1. The van der Waals surface area contributed by atoms with Gasteiger partial charge in [-0.05, 0) is 47.9 Å². The van der Waals surface area contributed by atoms with E-state index in [1.165, 1.54) is 44.3 Å². The van der Waals surface area contributed by atoms with Crippen LogP contribution in [-0.2, 0) is 10.3 Å². The van der Waals surface area contributed by atoms with Crippen LogP contribution in [-0.4, -0.2) is 43.7 Å². The van der Waals surface area contributed by atoms with Gasteiger partial charge in [0.2, 0.25) is 0 Å². The lowest BCUT2D eigenvalue weighted by Crippen LogP contribution is -2.41. The van der Waals surface area contributed by atoms with Gasteiger partial charge in [0.15, 0.2) is 23.1 Å². The summed E-state index contributed by atoms with van der Waals surface area (Å²) in [6, 6.07) is 7.83. The number of ether oxygens (including phenoxy) is 2. The van der Waals surface area contributed by atoms with Crippen LogP contribution in [0, 0.1) is 12.7 Å². The Morgan fingerprint density at radius 2 is 1.83 bits per heavy atom. The summed E-state index contributed by atoms with van der Waals surface area (Å²) in [5.41, 5.74) is 5.04. The van der Waals surface area contributed by atoms with E-state index in [-0.39, 0.29) is 29.6 Å². The van der Waals surface area contributed by atoms with Gasteiger partial charge in [-0.15, -0.1) is 0 Å². The molecule has 1 unspecified atom stereocenters. The van der Waals surface area contributed by atoms with Gasteiger partial charge in [0.1, 0.15) is 19.0 Å². The predicted molar refractivity (Wildman–Crippen MR) is 101 cm³/mol. The quantitative estimate of drug-likeness (QED) is 0.692. The topological polar surface area (TPSA) is 77.2 Å². The molecule has 0 aliphatic carbocycles. The average Bonchev–Trinajstić information content (AvgIpc) is 2.93. The van der Waals surface area contributed by atoms with Crippen LogP contribution in [0.15, 0.2) is 41.4 Å². The van der Waals surface area contributed by atoms with E-state index in [0.717, 1.165) is 11.0 Å². The van der Waals surface area contributed by atoms with Crippen molar-refractivity contribution in [2.75, 3.05) is 20.3 Å². The van der Waals surface area contributed by atoms with Gasteiger partial charge in [0.25, 0.3) is 5.91 Å². The van der Waals surface area contributed by atoms with Crippen molar-refractivity contribution in [2.24, 2.45) is 10.7 Å². The zero-order valence-electron chi connectivity index (χ0n) is 16.2. The van der Waals surface area contributed by atoms with Gasteiger partial charge >= 0.3 is 6.61 Å². The molecule has 160 valence electrons. The highest BCUT2D eigenvalue weighted by Gasteiger charge is 2.50. The summed E-state index contributed by atoms with van der Waals surface area (Å²) in [5, 5.41) is 0. The standard InChI is InChI=1S/C20H19F4N3O3/c1-11-9-12(4-6-15(11)30-18(23)24)20(17(28)27(2)19(25)26-20)13-3-5-14(22)16(10-13)29-8-7-21/h3-6,9-10,18H,7-8H2,1-2H3,(H2,25,26). The fourth-order valence-electron chi connectivity index (χ4n) is 3.27. The van der Waals surface area contributed by atoms with Crippen LogP contribution in [0.3, 0.4) is 0 Å². The summed E-state index contributed by atoms with van der Waals surface area (Å²) >= 11 is 0. The van der Waals surface area contributed by atoms with Gasteiger partial charge in [-0.2, -0.15) is 8.78 Å². The average molecular weight is 425 g/mol. The third kappa shape index (κ3) is 3.64. The highest BCUT2D eigenvalue weighted by molar-refractivity contribution is 6.09. The van der Waals surface area contributed by atoms with Crippen molar-refractivity contribution in [3.8, 4) is 11.5 Å². The Morgan fingerprint density at radius 1 is 1.17 bits per heavy atom. The molecule has 6 nitrogen and oxygen atoms in total. The molecule has 1 atom stereocenters. The first-order valence-electron chi connectivity index (χ1n) is 8.89. The second-order valence-electron chi connectivity index (χ2n) is 6.59. The minimum atomic E-state index is -3.01. The Kier molecular flexibility index (Phi) is 5.86. The lowest BCUT2D eigenvalue weighted by Gasteiger charge is -2.27. The second-order valence-corrected chi connectivity index (χ2v) is 6.59. The van der Waals surface area contributed by atoms with Crippen LogP contribution in [0.1, 0.15) is 16.7 Å². The molecule has 1 heterocycles. The maximum Gasteiger partial charge on any atom is 0.387 e. The lowest BCUT2D eigenvalue weighted by atomic mass is 9.82. The van der Waals surface area contributed by atoms with E-state index in [1.807, 2.05) is 0 Å². The molecular formula is C20H19F4N3O3. The predicted octanol–water partition coefficient (Wildman–Crippen LogP) is 3.11. The Hall–Kier alpha value is -3.30. The van der Waals surface area contributed by atoms with Gasteiger partial charge in [0.05, 0.1) is 0 Å². The molecule has 30 heavy (non-hydrogen) atoms. The molecule has 2 N–H and O–H groups in total. The molecular weight excluding hydrogens is 406 g/mol. The van der Waals surface area contributed by atoms with Crippen LogP contribution in [0.25, 0.3) is 0 Å². The first-order valence-corrected chi connectivity index (χ1v) is 8.89. The smallest absolute Gasteiger partial charge is 0.387 e. The van der Waals surface area contributed by atoms with Gasteiger partial charge in [0, 0.05) is 7.05 Å². The molecule has 2 aromatic rings. The number of amides is 1. The van der Waals surface area contributed by atoms with Gasteiger partial charge < -0.3 is 15.2 Å². The zero-order valence-corrected chi connectivity index (χ0v) is 16.2.